The van der Waals surface area contributed by atoms with Gasteiger partial charge < -0.3 is 5.21 Å². The first-order chi connectivity index (χ1) is 10.3. The van der Waals surface area contributed by atoms with Crippen molar-refractivity contribution in [1.82, 2.24) is 0 Å². The van der Waals surface area contributed by atoms with Crippen LogP contribution in [0.3, 0.4) is 0 Å². The Morgan fingerprint density at radius 3 is 1.29 bits per heavy atom. The first-order valence-corrected chi connectivity index (χ1v) is 9.38. The quantitative estimate of drug-likeness (QED) is 0.309. The summed E-state index contributed by atoms with van der Waals surface area (Å²) in [6.07, 6.45) is 20.3. The van der Waals surface area contributed by atoms with Crippen LogP contribution in [0.1, 0.15) is 103 Å². The molecule has 0 radical (unpaired) electrons. The Labute approximate surface area is 133 Å². The topological polar surface area (TPSA) is 36.7 Å². The standard InChI is InChI=1S/C18H39NO2/c1-3-4-5-6-7-8-9-10-11-12-13-14-15-16-17-18-19(20)21-2/h19H,3-18H2,1-2H3. The van der Waals surface area contributed by atoms with Gasteiger partial charge in [0.25, 0.3) is 0 Å². The lowest BCUT2D eigenvalue weighted by molar-refractivity contribution is -1.05. The van der Waals surface area contributed by atoms with E-state index >= 15 is 0 Å². The van der Waals surface area contributed by atoms with Crippen molar-refractivity contribution in [2.24, 2.45) is 0 Å². The van der Waals surface area contributed by atoms with Crippen LogP contribution in [0.25, 0.3) is 0 Å². The van der Waals surface area contributed by atoms with Crippen LogP contribution < -0.4 is 5.23 Å². The van der Waals surface area contributed by atoms with Crippen molar-refractivity contribution < 1.29 is 10.1 Å². The van der Waals surface area contributed by atoms with Crippen LogP contribution in [0, 0.1) is 5.21 Å². The normalized spacial score (nSPS) is 12.7. The van der Waals surface area contributed by atoms with Crippen LogP contribution in [0.2, 0.25) is 0 Å². The minimum atomic E-state index is -0.0651. The zero-order chi connectivity index (χ0) is 15.6. The van der Waals surface area contributed by atoms with Gasteiger partial charge in [-0.15, -0.1) is 0 Å². The fraction of sp³-hybridized carbons (Fsp3) is 1.00. The third kappa shape index (κ3) is 17.8. The van der Waals surface area contributed by atoms with Gasteiger partial charge in [-0.05, 0) is 12.8 Å². The second kappa shape index (κ2) is 17.9. The highest BCUT2D eigenvalue weighted by atomic mass is 16.9. The number of nitrogens with one attached hydrogen (secondary N) is 1. The number of unbranched alkanes of at least 4 members (excludes halogenated alkanes) is 14. The molecule has 0 saturated carbocycles. The molecule has 0 saturated heterocycles. The van der Waals surface area contributed by atoms with Gasteiger partial charge in [-0.2, -0.15) is 0 Å². The maximum absolute atomic E-state index is 10.9. The van der Waals surface area contributed by atoms with Crippen molar-refractivity contribution in [2.75, 3.05) is 13.7 Å². The molecule has 0 spiro atoms. The van der Waals surface area contributed by atoms with Crippen molar-refractivity contribution in [3.05, 3.63) is 5.21 Å². The summed E-state index contributed by atoms with van der Waals surface area (Å²) in [4.78, 5) is 4.63. The van der Waals surface area contributed by atoms with Crippen LogP contribution in [0.4, 0.5) is 0 Å². The molecule has 128 valence electrons. The van der Waals surface area contributed by atoms with Gasteiger partial charge in [0.2, 0.25) is 0 Å². The molecule has 1 N–H and O–H groups in total. The first-order valence-electron chi connectivity index (χ1n) is 9.38. The van der Waals surface area contributed by atoms with Gasteiger partial charge in [-0.1, -0.05) is 90.4 Å². The number of quaternary nitrogens is 1. The maximum Gasteiger partial charge on any atom is 0.107 e. The summed E-state index contributed by atoms with van der Waals surface area (Å²) in [5.41, 5.74) is 0. The molecule has 0 aromatic heterocycles. The molecule has 0 aliphatic rings. The Hall–Kier alpha value is -0.120. The van der Waals surface area contributed by atoms with E-state index in [2.05, 4.69) is 11.8 Å². The second-order valence-electron chi connectivity index (χ2n) is 6.28. The Bertz CT molecular complexity index is 188. The predicted octanol–water partition coefficient (Wildman–Crippen LogP) is 4.80. The van der Waals surface area contributed by atoms with Crippen LogP contribution in [-0.4, -0.2) is 13.7 Å². The number of rotatable bonds is 17. The third-order valence-corrected chi connectivity index (χ3v) is 4.21. The van der Waals surface area contributed by atoms with Gasteiger partial charge in [-0.25, -0.2) is 10.1 Å². The zero-order valence-electron chi connectivity index (χ0n) is 14.6. The van der Waals surface area contributed by atoms with Crippen molar-refractivity contribution in [3.63, 3.8) is 0 Å². The largest absolute Gasteiger partial charge is 0.600 e. The van der Waals surface area contributed by atoms with Gasteiger partial charge in [0, 0.05) is 0 Å². The highest BCUT2D eigenvalue weighted by molar-refractivity contribution is 4.49. The molecule has 0 heterocycles. The molecule has 0 aromatic rings. The lowest BCUT2D eigenvalue weighted by Gasteiger charge is -2.16. The summed E-state index contributed by atoms with van der Waals surface area (Å²) in [5.74, 6) is 0. The molecular weight excluding hydrogens is 262 g/mol. The minimum absolute atomic E-state index is 0.0651. The molecule has 3 nitrogen and oxygen atoms in total. The van der Waals surface area contributed by atoms with Crippen molar-refractivity contribution >= 4 is 0 Å². The second-order valence-corrected chi connectivity index (χ2v) is 6.28. The van der Waals surface area contributed by atoms with E-state index in [-0.39, 0.29) is 5.23 Å². The molecule has 0 aliphatic carbocycles. The molecule has 0 bridgehead atoms. The van der Waals surface area contributed by atoms with Gasteiger partial charge in [0.1, 0.15) is 6.54 Å². The average Bonchev–Trinajstić information content (AvgIpc) is 2.50. The minimum Gasteiger partial charge on any atom is -0.600 e. The SMILES string of the molecule is CCCCCCCCCCCCCCCCC[NH+]([O-])OC. The van der Waals surface area contributed by atoms with Crippen LogP contribution in [0.15, 0.2) is 0 Å². The lowest BCUT2D eigenvalue weighted by atomic mass is 10.0. The Balaban J connectivity index is 2.96. The third-order valence-electron chi connectivity index (χ3n) is 4.21. The summed E-state index contributed by atoms with van der Waals surface area (Å²) < 4.78 is 0. The fourth-order valence-corrected chi connectivity index (χ4v) is 2.74. The molecule has 0 amide bonds. The summed E-state index contributed by atoms with van der Waals surface area (Å²) in [7, 11) is 1.47. The molecule has 1 atom stereocenters. The fourth-order valence-electron chi connectivity index (χ4n) is 2.74. The highest BCUT2D eigenvalue weighted by Crippen LogP contribution is 2.13. The van der Waals surface area contributed by atoms with E-state index in [1.807, 2.05) is 0 Å². The molecular formula is C18H39NO2. The van der Waals surface area contributed by atoms with Crippen LogP contribution in [0.5, 0.6) is 0 Å². The van der Waals surface area contributed by atoms with E-state index in [1.54, 1.807) is 0 Å². The Kier molecular flexibility index (Phi) is 17.8. The smallest absolute Gasteiger partial charge is 0.107 e. The van der Waals surface area contributed by atoms with Crippen molar-refractivity contribution in [3.8, 4) is 0 Å². The molecule has 0 fully saturated rings. The summed E-state index contributed by atoms with van der Waals surface area (Å²) in [6.45, 7) is 2.87. The number of hydrogen-bond acceptors (Lipinski definition) is 2. The van der Waals surface area contributed by atoms with Crippen LogP contribution in [-0.2, 0) is 4.84 Å². The van der Waals surface area contributed by atoms with Crippen molar-refractivity contribution in [1.29, 1.82) is 0 Å². The van der Waals surface area contributed by atoms with E-state index < -0.39 is 0 Å². The zero-order valence-corrected chi connectivity index (χ0v) is 14.6. The lowest BCUT2D eigenvalue weighted by Crippen LogP contribution is -3.05. The van der Waals surface area contributed by atoms with E-state index in [1.165, 1.54) is 97.0 Å². The molecule has 3 heteroatoms. The predicted molar refractivity (Wildman–Crippen MR) is 91.1 cm³/mol. The van der Waals surface area contributed by atoms with Gasteiger partial charge in [-0.3, -0.25) is 0 Å². The summed E-state index contributed by atoms with van der Waals surface area (Å²) in [5, 5.41) is 10.9. The average molecular weight is 302 g/mol. The van der Waals surface area contributed by atoms with Crippen LogP contribution >= 0.6 is 0 Å². The van der Waals surface area contributed by atoms with E-state index in [0.29, 0.717) is 6.54 Å². The Morgan fingerprint density at radius 2 is 0.952 bits per heavy atom. The van der Waals surface area contributed by atoms with E-state index in [0.717, 1.165) is 6.42 Å². The highest BCUT2D eigenvalue weighted by Gasteiger charge is 1.96. The molecule has 0 rings (SSSR count). The van der Waals surface area contributed by atoms with Crippen molar-refractivity contribution in [2.45, 2.75) is 103 Å². The first kappa shape index (κ1) is 20.9. The van der Waals surface area contributed by atoms with Gasteiger partial charge in [0.05, 0.1) is 7.11 Å². The summed E-state index contributed by atoms with van der Waals surface area (Å²) >= 11 is 0. The summed E-state index contributed by atoms with van der Waals surface area (Å²) in [6, 6.07) is 0. The molecule has 0 aliphatic heterocycles. The van der Waals surface area contributed by atoms with Gasteiger partial charge in [0.15, 0.2) is 0 Å². The maximum atomic E-state index is 10.9. The Morgan fingerprint density at radius 1 is 0.619 bits per heavy atom. The molecule has 21 heavy (non-hydrogen) atoms. The van der Waals surface area contributed by atoms with E-state index in [4.69, 9.17) is 0 Å². The number of hydrogen-bond donors (Lipinski definition) is 1. The molecule has 0 aromatic carbocycles. The van der Waals surface area contributed by atoms with E-state index in [9.17, 15) is 5.21 Å². The molecule has 1 unspecified atom stereocenters. The number of hydroxylamine groups is 2. The monoisotopic (exact) mass is 301 g/mol. The van der Waals surface area contributed by atoms with Gasteiger partial charge >= 0.3 is 0 Å².